The third-order valence-electron chi connectivity index (χ3n) is 4.90. The number of benzene rings is 1. The number of carbonyl (C=O) groups excluding carboxylic acids is 2. The number of urea groups is 1. The molecule has 2 N–H and O–H groups in total. The monoisotopic (exact) mass is 365 g/mol. The van der Waals surface area contributed by atoms with E-state index in [2.05, 4.69) is 5.32 Å². The van der Waals surface area contributed by atoms with Crippen molar-refractivity contribution in [3.05, 3.63) is 34.9 Å². The quantitative estimate of drug-likeness (QED) is 0.862. The molecule has 1 aromatic rings. The summed E-state index contributed by atoms with van der Waals surface area (Å²) in [6, 6.07) is 6.75. The molecule has 2 aliphatic rings. The Morgan fingerprint density at radius 1 is 1.12 bits per heavy atom. The zero-order valence-corrected chi connectivity index (χ0v) is 14.9. The molecule has 0 unspecified atom stereocenters. The van der Waals surface area contributed by atoms with Crippen molar-refractivity contribution in [3.8, 4) is 0 Å². The Balaban J connectivity index is 1.48. The maximum atomic E-state index is 12.4. The van der Waals surface area contributed by atoms with Crippen LogP contribution in [0.15, 0.2) is 24.3 Å². The number of hydrogen-bond acceptors (Lipinski definition) is 3. The minimum Gasteiger partial charge on any atom is -0.378 e. The van der Waals surface area contributed by atoms with Gasteiger partial charge >= 0.3 is 6.03 Å². The first-order valence-corrected chi connectivity index (χ1v) is 9.20. The summed E-state index contributed by atoms with van der Waals surface area (Å²) in [4.78, 5) is 28.4. The first kappa shape index (κ1) is 18.0. The number of nitrogens with one attached hydrogen (secondary N) is 1. The van der Waals surface area contributed by atoms with E-state index in [0.717, 1.165) is 25.9 Å². The van der Waals surface area contributed by atoms with E-state index in [1.807, 2.05) is 9.80 Å². The van der Waals surface area contributed by atoms with Crippen molar-refractivity contribution >= 4 is 23.5 Å². The lowest BCUT2D eigenvalue weighted by atomic mass is 10.0. The molecule has 1 atom stereocenters. The molecule has 0 aliphatic carbocycles. The normalized spacial score (nSPS) is 19.8. The van der Waals surface area contributed by atoms with Crippen molar-refractivity contribution in [2.24, 2.45) is 0 Å². The molecule has 2 fully saturated rings. The van der Waals surface area contributed by atoms with Gasteiger partial charge in [0.05, 0.1) is 0 Å². The van der Waals surface area contributed by atoms with Gasteiger partial charge in [0.1, 0.15) is 0 Å². The van der Waals surface area contributed by atoms with Gasteiger partial charge in [-0.25, -0.2) is 4.79 Å². The SMILES string of the molecule is O=C(NC1CCN(C(=O)N2CCCC2)CC1)[C@@H](O)c1cccc(Cl)c1. The highest BCUT2D eigenvalue weighted by molar-refractivity contribution is 6.30. The fraction of sp³-hybridized carbons (Fsp3) is 0.556. The molecule has 0 saturated carbocycles. The Morgan fingerprint density at radius 2 is 1.76 bits per heavy atom. The molecule has 2 aliphatic heterocycles. The molecule has 1 aromatic carbocycles. The van der Waals surface area contributed by atoms with Crippen LogP contribution in [0, 0.1) is 0 Å². The first-order chi connectivity index (χ1) is 12.0. The van der Waals surface area contributed by atoms with Crippen LogP contribution >= 0.6 is 11.6 Å². The Kier molecular flexibility index (Phi) is 5.81. The van der Waals surface area contributed by atoms with Gasteiger partial charge in [-0.2, -0.15) is 0 Å². The summed E-state index contributed by atoms with van der Waals surface area (Å²) in [6.07, 6.45) is 2.34. The number of halogens is 1. The van der Waals surface area contributed by atoms with Gasteiger partial charge in [-0.15, -0.1) is 0 Å². The molecule has 2 heterocycles. The number of carbonyl (C=O) groups is 2. The molecule has 7 heteroatoms. The lowest BCUT2D eigenvalue weighted by Crippen LogP contribution is -2.50. The van der Waals surface area contributed by atoms with Gasteiger partial charge in [0.25, 0.3) is 5.91 Å². The molecular weight excluding hydrogens is 342 g/mol. The lowest BCUT2D eigenvalue weighted by molar-refractivity contribution is -0.130. The topological polar surface area (TPSA) is 72.9 Å². The van der Waals surface area contributed by atoms with E-state index < -0.39 is 12.0 Å². The number of amides is 3. The minimum absolute atomic E-state index is 0.0241. The van der Waals surface area contributed by atoms with Gasteiger partial charge in [0, 0.05) is 37.2 Å². The minimum atomic E-state index is -1.23. The predicted molar refractivity (Wildman–Crippen MR) is 95.4 cm³/mol. The fourth-order valence-electron chi connectivity index (χ4n) is 3.43. The Morgan fingerprint density at radius 3 is 2.40 bits per heavy atom. The Hall–Kier alpha value is -1.79. The summed E-state index contributed by atoms with van der Waals surface area (Å²) in [5, 5.41) is 13.6. The van der Waals surface area contributed by atoms with E-state index >= 15 is 0 Å². The van der Waals surface area contributed by atoms with Crippen LogP contribution in [0.4, 0.5) is 4.79 Å². The van der Waals surface area contributed by atoms with Gasteiger partial charge in [-0.1, -0.05) is 23.7 Å². The second kappa shape index (κ2) is 8.06. The highest BCUT2D eigenvalue weighted by Gasteiger charge is 2.29. The van der Waals surface area contributed by atoms with E-state index in [-0.39, 0.29) is 12.1 Å². The van der Waals surface area contributed by atoms with Crippen LogP contribution in [0.3, 0.4) is 0 Å². The zero-order valence-electron chi connectivity index (χ0n) is 14.2. The van der Waals surface area contributed by atoms with Gasteiger partial charge in [-0.3, -0.25) is 4.79 Å². The number of aliphatic hydroxyl groups is 1. The molecular formula is C18H24ClN3O3. The van der Waals surface area contributed by atoms with Crippen LogP contribution < -0.4 is 5.32 Å². The maximum absolute atomic E-state index is 12.4. The van der Waals surface area contributed by atoms with Crippen LogP contribution in [0.25, 0.3) is 0 Å². The molecule has 3 amide bonds. The smallest absolute Gasteiger partial charge is 0.319 e. The van der Waals surface area contributed by atoms with Crippen molar-refractivity contribution in [3.63, 3.8) is 0 Å². The van der Waals surface area contributed by atoms with Crippen molar-refractivity contribution in [2.45, 2.75) is 37.8 Å². The van der Waals surface area contributed by atoms with Crippen LogP contribution in [0.2, 0.25) is 5.02 Å². The second-order valence-electron chi connectivity index (χ2n) is 6.70. The largest absolute Gasteiger partial charge is 0.378 e. The Labute approximate surface area is 152 Å². The average molecular weight is 366 g/mol. The van der Waals surface area contributed by atoms with E-state index in [1.165, 1.54) is 0 Å². The molecule has 2 saturated heterocycles. The van der Waals surface area contributed by atoms with E-state index in [1.54, 1.807) is 24.3 Å². The summed E-state index contributed by atoms with van der Waals surface area (Å²) >= 11 is 5.90. The molecule has 25 heavy (non-hydrogen) atoms. The highest BCUT2D eigenvalue weighted by atomic mass is 35.5. The van der Waals surface area contributed by atoms with Crippen LogP contribution in [0.1, 0.15) is 37.4 Å². The predicted octanol–water partition coefficient (Wildman–Crippen LogP) is 2.17. The van der Waals surface area contributed by atoms with Crippen molar-refractivity contribution in [1.29, 1.82) is 0 Å². The van der Waals surface area contributed by atoms with Gasteiger partial charge in [-0.05, 0) is 43.4 Å². The van der Waals surface area contributed by atoms with E-state index in [9.17, 15) is 14.7 Å². The average Bonchev–Trinajstić information content (AvgIpc) is 3.15. The molecule has 0 bridgehead atoms. The lowest BCUT2D eigenvalue weighted by Gasteiger charge is -2.35. The van der Waals surface area contributed by atoms with Gasteiger partial charge in [0.15, 0.2) is 6.10 Å². The molecule has 3 rings (SSSR count). The third-order valence-corrected chi connectivity index (χ3v) is 5.14. The number of hydrogen-bond donors (Lipinski definition) is 2. The van der Waals surface area contributed by atoms with Crippen molar-refractivity contribution < 1.29 is 14.7 Å². The first-order valence-electron chi connectivity index (χ1n) is 8.82. The number of rotatable bonds is 3. The summed E-state index contributed by atoms with van der Waals surface area (Å²) < 4.78 is 0. The molecule has 0 spiro atoms. The van der Waals surface area contributed by atoms with E-state index in [4.69, 9.17) is 11.6 Å². The summed E-state index contributed by atoms with van der Waals surface area (Å²) in [6.45, 7) is 2.96. The number of nitrogens with zero attached hydrogens (tertiary/aromatic N) is 2. The van der Waals surface area contributed by atoms with Crippen molar-refractivity contribution in [1.82, 2.24) is 15.1 Å². The van der Waals surface area contributed by atoms with Gasteiger partial charge < -0.3 is 20.2 Å². The Bertz CT molecular complexity index is 626. The molecule has 136 valence electrons. The van der Waals surface area contributed by atoms with Crippen LogP contribution in [-0.4, -0.2) is 59.1 Å². The number of piperidine rings is 1. The fourth-order valence-corrected chi connectivity index (χ4v) is 3.63. The summed E-state index contributed by atoms with van der Waals surface area (Å²) in [7, 11) is 0. The summed E-state index contributed by atoms with van der Waals surface area (Å²) in [5.41, 5.74) is 0.478. The third kappa shape index (κ3) is 4.44. The molecule has 0 aromatic heterocycles. The molecule has 0 radical (unpaired) electrons. The van der Waals surface area contributed by atoms with Crippen LogP contribution in [-0.2, 0) is 4.79 Å². The van der Waals surface area contributed by atoms with Gasteiger partial charge in [0.2, 0.25) is 0 Å². The maximum Gasteiger partial charge on any atom is 0.319 e. The standard InChI is InChI=1S/C18H24ClN3O3/c19-14-5-3-4-13(12-14)16(23)17(24)20-15-6-10-22(11-7-15)18(25)21-8-1-2-9-21/h3-5,12,15-16,23H,1-2,6-11H2,(H,20,24)/t16-/m0/s1. The van der Waals surface area contributed by atoms with E-state index in [0.29, 0.717) is 36.5 Å². The number of likely N-dealkylation sites (tertiary alicyclic amines) is 2. The van der Waals surface area contributed by atoms with Crippen LogP contribution in [0.5, 0.6) is 0 Å². The number of aliphatic hydroxyl groups excluding tert-OH is 1. The molecule has 6 nitrogen and oxygen atoms in total. The highest BCUT2D eigenvalue weighted by Crippen LogP contribution is 2.20. The second-order valence-corrected chi connectivity index (χ2v) is 7.14. The summed E-state index contributed by atoms with van der Waals surface area (Å²) in [5.74, 6) is -0.424. The van der Waals surface area contributed by atoms with Crippen molar-refractivity contribution in [2.75, 3.05) is 26.2 Å². The zero-order chi connectivity index (χ0) is 17.8.